The Labute approximate surface area is 121 Å². The molecule has 0 radical (unpaired) electrons. The van der Waals surface area contributed by atoms with Crippen LogP contribution in [0.15, 0.2) is 34.9 Å². The average molecular weight is 345 g/mol. The normalized spacial score (nSPS) is 10.3. The fourth-order valence-corrected chi connectivity index (χ4v) is 2.14. The molecule has 0 aliphatic carbocycles. The Morgan fingerprint density at radius 1 is 1.47 bits per heavy atom. The van der Waals surface area contributed by atoms with E-state index < -0.39 is 11.7 Å². The minimum Gasteiger partial charge on any atom is -0.397 e. The van der Waals surface area contributed by atoms with E-state index in [-0.39, 0.29) is 16.4 Å². The van der Waals surface area contributed by atoms with Gasteiger partial charge in [0.2, 0.25) is 0 Å². The smallest absolute Gasteiger partial charge is 0.261 e. The molecule has 1 amide bonds. The molecule has 2 aromatic rings. The fourth-order valence-electron chi connectivity index (χ4n) is 1.43. The molecule has 1 heterocycles. The summed E-state index contributed by atoms with van der Waals surface area (Å²) < 4.78 is 14.1. The van der Waals surface area contributed by atoms with Crippen LogP contribution in [-0.4, -0.2) is 10.9 Å². The highest BCUT2D eigenvalue weighted by Gasteiger charge is 2.17. The quantitative estimate of drug-likeness (QED) is 0.876. The van der Waals surface area contributed by atoms with Gasteiger partial charge in [-0.15, -0.1) is 0 Å². The molecule has 0 spiro atoms. The van der Waals surface area contributed by atoms with Crippen LogP contribution < -0.4 is 11.1 Å². The summed E-state index contributed by atoms with van der Waals surface area (Å²) in [6.45, 7) is 0. The van der Waals surface area contributed by atoms with E-state index in [1.807, 2.05) is 0 Å². The number of nitrogens with two attached hydrogens (primary N) is 1. The van der Waals surface area contributed by atoms with Crippen LogP contribution in [0.5, 0.6) is 0 Å². The number of benzene rings is 1. The second-order valence-corrected chi connectivity index (χ2v) is 4.91. The lowest BCUT2D eigenvalue weighted by atomic mass is 10.2. The lowest BCUT2D eigenvalue weighted by molar-refractivity contribution is 0.102. The van der Waals surface area contributed by atoms with Crippen LogP contribution in [0.1, 0.15) is 10.4 Å². The first kappa shape index (κ1) is 13.8. The molecule has 7 heteroatoms. The molecule has 1 aromatic carbocycles. The van der Waals surface area contributed by atoms with Gasteiger partial charge >= 0.3 is 0 Å². The van der Waals surface area contributed by atoms with E-state index in [1.165, 1.54) is 18.3 Å². The van der Waals surface area contributed by atoms with Crippen molar-refractivity contribution >= 4 is 44.9 Å². The molecule has 98 valence electrons. The predicted octanol–water partition coefficient (Wildman–Crippen LogP) is 3.47. The highest BCUT2D eigenvalue weighted by molar-refractivity contribution is 9.10. The Hall–Kier alpha value is -1.66. The number of carbonyl (C=O) groups is 1. The topological polar surface area (TPSA) is 68.0 Å². The van der Waals surface area contributed by atoms with Crippen LogP contribution in [0.25, 0.3) is 0 Å². The Kier molecular flexibility index (Phi) is 4.01. The van der Waals surface area contributed by atoms with Crippen molar-refractivity contribution in [1.82, 2.24) is 4.98 Å². The molecule has 4 nitrogen and oxygen atoms in total. The van der Waals surface area contributed by atoms with E-state index in [2.05, 4.69) is 26.2 Å². The number of nitrogens with zero attached hydrogens (tertiary/aromatic N) is 1. The summed E-state index contributed by atoms with van der Waals surface area (Å²) in [5.41, 5.74) is 5.74. The number of nitrogens with one attached hydrogen (secondary N) is 1. The molecule has 0 atom stereocenters. The first-order valence-electron chi connectivity index (χ1n) is 5.15. The Bertz CT molecular complexity index is 631. The number of amides is 1. The summed E-state index contributed by atoms with van der Waals surface area (Å²) in [6.07, 6.45) is 1.38. The highest BCUT2D eigenvalue weighted by atomic mass is 79.9. The standard InChI is InChI=1S/C12H8BrClFN3O/c13-7-4-6(16)5-17-11(7)18-12(19)10-8(14)2-1-3-9(10)15/h1-5H,16H2,(H,17,18,19). The molecule has 0 aliphatic heterocycles. The summed E-state index contributed by atoms with van der Waals surface area (Å²) in [4.78, 5) is 15.9. The van der Waals surface area contributed by atoms with Crippen molar-refractivity contribution in [3.63, 3.8) is 0 Å². The molecule has 0 bridgehead atoms. The Morgan fingerprint density at radius 3 is 2.84 bits per heavy atom. The Balaban J connectivity index is 2.31. The number of carbonyl (C=O) groups excluding carboxylic acids is 1. The van der Waals surface area contributed by atoms with Gasteiger partial charge in [-0.1, -0.05) is 17.7 Å². The summed E-state index contributed by atoms with van der Waals surface area (Å²) >= 11 is 9.00. The molecule has 3 N–H and O–H groups in total. The van der Waals surface area contributed by atoms with E-state index in [9.17, 15) is 9.18 Å². The van der Waals surface area contributed by atoms with E-state index in [0.717, 1.165) is 6.07 Å². The van der Waals surface area contributed by atoms with E-state index in [4.69, 9.17) is 17.3 Å². The molecule has 19 heavy (non-hydrogen) atoms. The summed E-state index contributed by atoms with van der Waals surface area (Å²) in [7, 11) is 0. The third-order valence-corrected chi connectivity index (χ3v) is 3.20. The van der Waals surface area contributed by atoms with Gasteiger partial charge < -0.3 is 11.1 Å². The van der Waals surface area contributed by atoms with Crippen molar-refractivity contribution in [2.75, 3.05) is 11.1 Å². The van der Waals surface area contributed by atoms with Crippen molar-refractivity contribution < 1.29 is 9.18 Å². The van der Waals surface area contributed by atoms with Gasteiger partial charge in [-0.25, -0.2) is 9.37 Å². The summed E-state index contributed by atoms with van der Waals surface area (Å²) in [5.74, 6) is -1.14. The predicted molar refractivity (Wildman–Crippen MR) is 75.7 cm³/mol. The molecule has 0 unspecified atom stereocenters. The van der Waals surface area contributed by atoms with Crippen molar-refractivity contribution in [3.05, 3.63) is 51.3 Å². The van der Waals surface area contributed by atoms with Crippen molar-refractivity contribution in [1.29, 1.82) is 0 Å². The van der Waals surface area contributed by atoms with Gasteiger partial charge in [0.25, 0.3) is 5.91 Å². The van der Waals surface area contributed by atoms with Gasteiger partial charge in [0.1, 0.15) is 11.6 Å². The zero-order valence-corrected chi connectivity index (χ0v) is 11.8. The maximum absolute atomic E-state index is 13.6. The van der Waals surface area contributed by atoms with Crippen LogP contribution in [-0.2, 0) is 0 Å². The fraction of sp³-hybridized carbons (Fsp3) is 0. The van der Waals surface area contributed by atoms with Gasteiger partial charge in [-0.2, -0.15) is 0 Å². The number of hydrogen-bond donors (Lipinski definition) is 2. The van der Waals surface area contributed by atoms with Gasteiger partial charge in [0.15, 0.2) is 0 Å². The zero-order valence-electron chi connectivity index (χ0n) is 9.45. The third kappa shape index (κ3) is 3.02. The summed E-state index contributed by atoms with van der Waals surface area (Å²) in [6, 6.07) is 5.59. The van der Waals surface area contributed by atoms with E-state index in [1.54, 1.807) is 6.07 Å². The lowest BCUT2D eigenvalue weighted by Gasteiger charge is -2.08. The van der Waals surface area contributed by atoms with Gasteiger partial charge in [-0.05, 0) is 34.1 Å². The minimum atomic E-state index is -0.698. The third-order valence-electron chi connectivity index (χ3n) is 2.28. The van der Waals surface area contributed by atoms with Crippen LogP contribution in [0.2, 0.25) is 5.02 Å². The number of anilines is 2. The molecule has 1 aromatic heterocycles. The maximum Gasteiger partial charge on any atom is 0.261 e. The monoisotopic (exact) mass is 343 g/mol. The molecule has 0 aliphatic rings. The first-order chi connectivity index (χ1) is 8.99. The molecular weight excluding hydrogens is 337 g/mol. The first-order valence-corrected chi connectivity index (χ1v) is 6.32. The molecule has 0 fully saturated rings. The number of aromatic nitrogens is 1. The maximum atomic E-state index is 13.6. The summed E-state index contributed by atoms with van der Waals surface area (Å²) in [5, 5.41) is 2.49. The van der Waals surface area contributed by atoms with Crippen molar-refractivity contribution in [3.8, 4) is 0 Å². The number of rotatable bonds is 2. The Morgan fingerprint density at radius 2 is 2.21 bits per heavy atom. The SMILES string of the molecule is Nc1cnc(NC(=O)c2c(F)cccc2Cl)c(Br)c1. The number of halogens is 3. The molecule has 2 rings (SSSR count). The lowest BCUT2D eigenvalue weighted by Crippen LogP contribution is -2.15. The van der Waals surface area contributed by atoms with Crippen molar-refractivity contribution in [2.24, 2.45) is 0 Å². The molecular formula is C12H8BrClFN3O. The van der Waals surface area contributed by atoms with Gasteiger partial charge in [0, 0.05) is 0 Å². The zero-order chi connectivity index (χ0) is 14.0. The highest BCUT2D eigenvalue weighted by Crippen LogP contribution is 2.24. The van der Waals surface area contributed by atoms with Gasteiger partial charge in [0.05, 0.1) is 26.9 Å². The van der Waals surface area contributed by atoms with Crippen molar-refractivity contribution in [2.45, 2.75) is 0 Å². The van der Waals surface area contributed by atoms with E-state index in [0.29, 0.717) is 10.2 Å². The average Bonchev–Trinajstić information content (AvgIpc) is 2.32. The second kappa shape index (κ2) is 5.54. The van der Waals surface area contributed by atoms with Crippen LogP contribution >= 0.6 is 27.5 Å². The minimum absolute atomic E-state index is 0.0315. The van der Waals surface area contributed by atoms with Gasteiger partial charge in [-0.3, -0.25) is 4.79 Å². The van der Waals surface area contributed by atoms with Crippen LogP contribution in [0.4, 0.5) is 15.9 Å². The van der Waals surface area contributed by atoms with Crippen LogP contribution in [0.3, 0.4) is 0 Å². The second-order valence-electron chi connectivity index (χ2n) is 3.65. The number of hydrogen-bond acceptors (Lipinski definition) is 3. The van der Waals surface area contributed by atoms with E-state index >= 15 is 0 Å². The largest absolute Gasteiger partial charge is 0.397 e. The molecule has 0 saturated heterocycles. The molecule has 0 saturated carbocycles. The van der Waals surface area contributed by atoms with Crippen LogP contribution in [0, 0.1) is 5.82 Å². The number of nitrogen functional groups attached to an aromatic ring is 1. The number of pyridine rings is 1.